The zero-order valence-electron chi connectivity index (χ0n) is 16.9. The number of nitrogens with two attached hydrogens (primary N) is 2. The van der Waals surface area contributed by atoms with Gasteiger partial charge in [0.2, 0.25) is 0 Å². The van der Waals surface area contributed by atoms with Gasteiger partial charge in [-0.2, -0.15) is 0 Å². The number of rotatable bonds is 9. The average Bonchev–Trinajstić information content (AvgIpc) is 3.17. The quantitative estimate of drug-likeness (QED) is 0.388. The van der Waals surface area contributed by atoms with Crippen molar-refractivity contribution in [3.63, 3.8) is 0 Å². The summed E-state index contributed by atoms with van der Waals surface area (Å²) in [5.41, 5.74) is 12.1. The van der Waals surface area contributed by atoms with Gasteiger partial charge in [-0.1, -0.05) is 18.2 Å². The second-order valence-electron chi connectivity index (χ2n) is 6.62. The molecule has 1 aromatic carbocycles. The number of carbonyl (C=O) groups is 3. The molecule has 0 saturated heterocycles. The van der Waals surface area contributed by atoms with Crippen LogP contribution in [-0.4, -0.2) is 46.2 Å². The summed E-state index contributed by atoms with van der Waals surface area (Å²) in [5, 5.41) is 12.1. The highest BCUT2D eigenvalue weighted by Crippen LogP contribution is 2.39. The van der Waals surface area contributed by atoms with Crippen molar-refractivity contribution in [3.05, 3.63) is 66.0 Å². The molecule has 0 spiro atoms. The molecule has 10 nitrogen and oxygen atoms in total. The fraction of sp³-hybridized carbons (Fsp3) is 0.143. The summed E-state index contributed by atoms with van der Waals surface area (Å²) < 4.78 is 5.86. The van der Waals surface area contributed by atoms with Crippen molar-refractivity contribution >= 4 is 34.4 Å². The maximum absolute atomic E-state index is 11.7. The standard InChI is InChI=1S/C21H21N5O5S/c22-18(27)15-10-17(32-19(15)25-20(23)28)14-5-1-2-6-16(14)31-9-8-26(21(29)30)12-13-4-3-7-24-11-13/h1-7,10-11H,8-9,12H2,(H2,22,27)(H,29,30)(H3,23,25,28). The van der Waals surface area contributed by atoms with Gasteiger partial charge in [-0.15, -0.1) is 11.3 Å². The fourth-order valence-electron chi connectivity index (χ4n) is 2.93. The molecule has 0 fully saturated rings. The van der Waals surface area contributed by atoms with Crippen LogP contribution in [0, 0.1) is 0 Å². The lowest BCUT2D eigenvalue weighted by Crippen LogP contribution is -2.32. The molecule has 0 aliphatic rings. The van der Waals surface area contributed by atoms with Crippen LogP contribution >= 0.6 is 11.3 Å². The van der Waals surface area contributed by atoms with Crippen LogP contribution in [0.15, 0.2) is 54.9 Å². The second kappa shape index (κ2) is 10.3. The molecule has 0 unspecified atom stereocenters. The molecule has 3 rings (SSSR count). The summed E-state index contributed by atoms with van der Waals surface area (Å²) >= 11 is 1.13. The predicted octanol–water partition coefficient (Wildman–Crippen LogP) is 2.96. The van der Waals surface area contributed by atoms with Crippen molar-refractivity contribution in [2.45, 2.75) is 6.54 Å². The van der Waals surface area contributed by atoms with Gasteiger partial charge < -0.3 is 26.2 Å². The molecule has 0 bridgehead atoms. The lowest BCUT2D eigenvalue weighted by molar-refractivity contribution is 0.100. The number of benzene rings is 1. The number of pyridine rings is 1. The van der Waals surface area contributed by atoms with E-state index in [0.29, 0.717) is 16.2 Å². The number of ether oxygens (including phenoxy) is 1. The van der Waals surface area contributed by atoms with E-state index in [0.717, 1.165) is 16.9 Å². The van der Waals surface area contributed by atoms with Gasteiger partial charge in [0.1, 0.15) is 17.4 Å². The number of carbonyl (C=O) groups excluding carboxylic acids is 2. The van der Waals surface area contributed by atoms with E-state index >= 15 is 0 Å². The van der Waals surface area contributed by atoms with Crippen LogP contribution in [0.4, 0.5) is 14.6 Å². The number of primary amides is 2. The summed E-state index contributed by atoms with van der Waals surface area (Å²) in [6.07, 6.45) is 2.15. The summed E-state index contributed by atoms with van der Waals surface area (Å²) in [5.74, 6) is -0.218. The van der Waals surface area contributed by atoms with E-state index in [4.69, 9.17) is 16.2 Å². The molecule has 0 aliphatic carbocycles. The Kier molecular flexibility index (Phi) is 7.24. The van der Waals surface area contributed by atoms with Gasteiger partial charge in [0.25, 0.3) is 5.91 Å². The number of hydrogen-bond acceptors (Lipinski definition) is 6. The largest absolute Gasteiger partial charge is 0.491 e. The Balaban J connectivity index is 1.75. The van der Waals surface area contributed by atoms with E-state index < -0.39 is 18.0 Å². The smallest absolute Gasteiger partial charge is 0.407 e. The minimum Gasteiger partial charge on any atom is -0.491 e. The Hall–Kier alpha value is -4.12. The van der Waals surface area contributed by atoms with Crippen LogP contribution in [-0.2, 0) is 6.54 Å². The maximum Gasteiger partial charge on any atom is 0.407 e. The van der Waals surface area contributed by atoms with Crippen LogP contribution in [0.25, 0.3) is 10.4 Å². The highest BCUT2D eigenvalue weighted by Gasteiger charge is 2.18. The minimum atomic E-state index is -1.07. The van der Waals surface area contributed by atoms with E-state index in [2.05, 4.69) is 10.3 Å². The molecule has 166 valence electrons. The molecule has 0 saturated carbocycles. The Bertz CT molecular complexity index is 1120. The van der Waals surface area contributed by atoms with Crippen molar-refractivity contribution in [2.75, 3.05) is 18.5 Å². The third kappa shape index (κ3) is 5.73. The molecule has 2 heterocycles. The lowest BCUT2D eigenvalue weighted by atomic mass is 10.1. The van der Waals surface area contributed by atoms with Gasteiger partial charge in [0.15, 0.2) is 0 Å². The Morgan fingerprint density at radius 2 is 1.94 bits per heavy atom. The van der Waals surface area contributed by atoms with Gasteiger partial charge in [0.05, 0.1) is 18.7 Å². The normalized spacial score (nSPS) is 10.4. The number of anilines is 1. The highest BCUT2D eigenvalue weighted by molar-refractivity contribution is 7.20. The van der Waals surface area contributed by atoms with Crippen LogP contribution in [0.5, 0.6) is 5.75 Å². The number of hydrogen-bond donors (Lipinski definition) is 4. The first kappa shape index (κ1) is 22.6. The molecule has 3 aromatic rings. The molecule has 11 heteroatoms. The molecule has 0 radical (unpaired) electrons. The number of para-hydroxylation sites is 1. The number of urea groups is 1. The van der Waals surface area contributed by atoms with E-state index in [1.54, 1.807) is 54.9 Å². The minimum absolute atomic E-state index is 0.101. The lowest BCUT2D eigenvalue weighted by Gasteiger charge is -2.20. The van der Waals surface area contributed by atoms with Gasteiger partial charge >= 0.3 is 12.1 Å². The first-order chi connectivity index (χ1) is 15.3. The third-order valence-electron chi connectivity index (χ3n) is 4.37. The Labute approximate surface area is 187 Å². The summed E-state index contributed by atoms with van der Waals surface area (Å²) in [6.45, 7) is 0.414. The van der Waals surface area contributed by atoms with Crippen LogP contribution in [0.1, 0.15) is 15.9 Å². The Morgan fingerprint density at radius 3 is 2.59 bits per heavy atom. The number of aromatic nitrogens is 1. The summed E-state index contributed by atoms with van der Waals surface area (Å²) in [7, 11) is 0. The molecular weight excluding hydrogens is 434 g/mol. The van der Waals surface area contributed by atoms with Crippen molar-refractivity contribution in [1.82, 2.24) is 9.88 Å². The Morgan fingerprint density at radius 1 is 1.16 bits per heavy atom. The third-order valence-corrected chi connectivity index (χ3v) is 5.46. The second-order valence-corrected chi connectivity index (χ2v) is 7.67. The van der Waals surface area contributed by atoms with Gasteiger partial charge in [-0.3, -0.25) is 15.1 Å². The number of carboxylic acid groups (broad SMARTS) is 1. The molecule has 2 aromatic heterocycles. The number of nitrogens with zero attached hydrogens (tertiary/aromatic N) is 2. The summed E-state index contributed by atoms with van der Waals surface area (Å²) in [4.78, 5) is 40.4. The summed E-state index contributed by atoms with van der Waals surface area (Å²) in [6, 6.07) is 11.3. The van der Waals surface area contributed by atoms with Crippen LogP contribution in [0.2, 0.25) is 0 Å². The molecular formula is C21H21N5O5S. The molecule has 6 N–H and O–H groups in total. The number of nitrogens with one attached hydrogen (secondary N) is 1. The topological polar surface area (TPSA) is 161 Å². The van der Waals surface area contributed by atoms with E-state index in [9.17, 15) is 19.5 Å². The van der Waals surface area contributed by atoms with E-state index in [1.165, 1.54) is 4.90 Å². The first-order valence-electron chi connectivity index (χ1n) is 9.44. The molecule has 0 atom stereocenters. The van der Waals surface area contributed by atoms with Crippen molar-refractivity contribution < 1.29 is 24.2 Å². The fourth-order valence-corrected chi connectivity index (χ4v) is 4.02. The predicted molar refractivity (Wildman–Crippen MR) is 120 cm³/mol. The van der Waals surface area contributed by atoms with Crippen molar-refractivity contribution in [3.8, 4) is 16.2 Å². The van der Waals surface area contributed by atoms with Gasteiger partial charge in [0, 0.05) is 22.8 Å². The van der Waals surface area contributed by atoms with Crippen molar-refractivity contribution in [1.29, 1.82) is 0 Å². The zero-order chi connectivity index (χ0) is 23.1. The maximum atomic E-state index is 11.7. The van der Waals surface area contributed by atoms with E-state index in [1.807, 2.05) is 0 Å². The van der Waals surface area contributed by atoms with Gasteiger partial charge in [-0.05, 0) is 29.8 Å². The number of amides is 4. The average molecular weight is 455 g/mol. The highest BCUT2D eigenvalue weighted by atomic mass is 32.1. The monoisotopic (exact) mass is 455 g/mol. The molecule has 4 amide bonds. The first-order valence-corrected chi connectivity index (χ1v) is 10.3. The number of thiophene rings is 1. The molecule has 0 aliphatic heterocycles. The van der Waals surface area contributed by atoms with Crippen LogP contribution in [0.3, 0.4) is 0 Å². The van der Waals surface area contributed by atoms with Crippen LogP contribution < -0.4 is 21.5 Å². The van der Waals surface area contributed by atoms with Gasteiger partial charge in [-0.25, -0.2) is 9.59 Å². The zero-order valence-corrected chi connectivity index (χ0v) is 17.7. The van der Waals surface area contributed by atoms with Crippen molar-refractivity contribution in [2.24, 2.45) is 11.5 Å². The van der Waals surface area contributed by atoms with E-state index in [-0.39, 0.29) is 30.3 Å². The molecule has 32 heavy (non-hydrogen) atoms. The SMILES string of the molecule is NC(=O)Nc1sc(-c2ccccc2OCCN(Cc2cccnc2)C(=O)O)cc1C(N)=O.